The number of thiazole rings is 1. The first-order chi connectivity index (χ1) is 14.8. The van der Waals surface area contributed by atoms with E-state index in [1.54, 1.807) is 6.20 Å². The second-order valence-electron chi connectivity index (χ2n) is 9.96. The number of carbonyl (C=O) groups excluding carboxylic acids is 1. The van der Waals surface area contributed by atoms with Gasteiger partial charge in [0, 0.05) is 17.5 Å². The van der Waals surface area contributed by atoms with Crippen LogP contribution in [0, 0.1) is 30.1 Å². The molecule has 2 fully saturated rings. The standard InChI is InChI=1S/C26H36N2O2S/c1-5-18-8-6-7-9-21(18)20-12-13-26(4)22(29)14-19(24(26)17(20)3)10-11-23(30)28-25-27-15-16(2)31-25/h6-9,15,17,19-20,22,24,29H,5,10-14H2,1-4H3,(H,27,28,30)/t17?,19-,20?,22?,24?,26-/m1/s1. The molecule has 2 saturated carbocycles. The van der Waals surface area contributed by atoms with Gasteiger partial charge in [0.15, 0.2) is 5.13 Å². The second kappa shape index (κ2) is 9.03. The highest BCUT2D eigenvalue weighted by Gasteiger charge is 2.56. The molecule has 2 N–H and O–H groups in total. The van der Waals surface area contributed by atoms with Crippen molar-refractivity contribution in [3.8, 4) is 0 Å². The van der Waals surface area contributed by atoms with Gasteiger partial charge in [0.1, 0.15) is 0 Å². The topological polar surface area (TPSA) is 62.2 Å². The molecule has 4 rings (SSSR count). The van der Waals surface area contributed by atoms with Gasteiger partial charge in [0.2, 0.25) is 5.91 Å². The molecule has 2 aromatic rings. The number of fused-ring (bicyclic) bond motifs is 1. The fourth-order valence-corrected chi connectivity index (χ4v) is 7.35. The Kier molecular flexibility index (Phi) is 6.55. The summed E-state index contributed by atoms with van der Waals surface area (Å²) in [5.41, 5.74) is 2.91. The summed E-state index contributed by atoms with van der Waals surface area (Å²) in [6, 6.07) is 8.89. The number of amides is 1. The van der Waals surface area contributed by atoms with Crippen molar-refractivity contribution < 1.29 is 9.90 Å². The minimum atomic E-state index is -0.267. The predicted octanol–water partition coefficient (Wildman–Crippen LogP) is 5.95. The number of aryl methyl sites for hydroxylation is 2. The summed E-state index contributed by atoms with van der Waals surface area (Å²) in [5.74, 6) is 1.90. The summed E-state index contributed by atoms with van der Waals surface area (Å²) in [4.78, 5) is 17.9. The summed E-state index contributed by atoms with van der Waals surface area (Å²) in [7, 11) is 0. The molecule has 4 unspecified atom stereocenters. The van der Waals surface area contributed by atoms with Gasteiger partial charge in [-0.05, 0) is 79.2 Å². The van der Waals surface area contributed by atoms with Crippen LogP contribution in [0.3, 0.4) is 0 Å². The zero-order valence-corrected chi connectivity index (χ0v) is 20.0. The highest BCUT2D eigenvalue weighted by molar-refractivity contribution is 7.15. The first-order valence-electron chi connectivity index (χ1n) is 11.8. The average molecular weight is 441 g/mol. The molecule has 0 radical (unpaired) electrons. The third kappa shape index (κ3) is 4.31. The fourth-order valence-electron chi connectivity index (χ4n) is 6.67. The van der Waals surface area contributed by atoms with Crippen LogP contribution in [0.5, 0.6) is 0 Å². The Labute approximate surface area is 190 Å². The van der Waals surface area contributed by atoms with Gasteiger partial charge in [-0.1, -0.05) is 45.0 Å². The Morgan fingerprint density at radius 1 is 1.35 bits per heavy atom. The van der Waals surface area contributed by atoms with Crippen LogP contribution in [-0.4, -0.2) is 22.1 Å². The van der Waals surface area contributed by atoms with E-state index in [1.165, 1.54) is 22.5 Å². The Bertz CT molecular complexity index is 926. The summed E-state index contributed by atoms with van der Waals surface area (Å²) in [6.07, 6.45) is 6.92. The number of anilines is 1. The van der Waals surface area contributed by atoms with E-state index < -0.39 is 0 Å². The Hall–Kier alpha value is -1.72. The largest absolute Gasteiger partial charge is 0.393 e. The van der Waals surface area contributed by atoms with E-state index in [2.05, 4.69) is 55.3 Å². The summed E-state index contributed by atoms with van der Waals surface area (Å²) < 4.78 is 0. The molecule has 0 spiro atoms. The lowest BCUT2D eigenvalue weighted by Gasteiger charge is -2.48. The Morgan fingerprint density at radius 2 is 2.13 bits per heavy atom. The van der Waals surface area contributed by atoms with Gasteiger partial charge in [-0.15, -0.1) is 11.3 Å². The SMILES string of the molecule is CCc1ccccc1C1CC[C@]2(C)C(O)C[C@@H](CCC(=O)Nc3ncc(C)s3)C2C1C. The van der Waals surface area contributed by atoms with Crippen LogP contribution in [0.4, 0.5) is 5.13 Å². The van der Waals surface area contributed by atoms with Crippen molar-refractivity contribution in [2.45, 2.75) is 78.2 Å². The number of nitrogens with zero attached hydrogens (tertiary/aromatic N) is 1. The molecule has 0 aliphatic heterocycles. The molecule has 6 atom stereocenters. The third-order valence-corrected chi connectivity index (χ3v) is 9.03. The normalized spacial score (nSPS) is 32.6. The van der Waals surface area contributed by atoms with Crippen molar-refractivity contribution in [1.82, 2.24) is 4.98 Å². The highest BCUT2D eigenvalue weighted by atomic mass is 32.1. The molecule has 2 aliphatic carbocycles. The summed E-state index contributed by atoms with van der Waals surface area (Å²) in [6.45, 7) is 8.91. The van der Waals surface area contributed by atoms with Gasteiger partial charge >= 0.3 is 0 Å². The minimum Gasteiger partial charge on any atom is -0.393 e. The van der Waals surface area contributed by atoms with Crippen molar-refractivity contribution in [1.29, 1.82) is 0 Å². The molecular formula is C26H36N2O2S. The van der Waals surface area contributed by atoms with Crippen LogP contribution >= 0.6 is 11.3 Å². The maximum atomic E-state index is 12.5. The summed E-state index contributed by atoms with van der Waals surface area (Å²) in [5, 5.41) is 14.7. The van der Waals surface area contributed by atoms with Crippen molar-refractivity contribution in [2.24, 2.45) is 23.2 Å². The number of hydrogen-bond donors (Lipinski definition) is 2. The number of hydrogen-bond acceptors (Lipinski definition) is 4. The lowest BCUT2D eigenvalue weighted by atomic mass is 9.57. The fraction of sp³-hybridized carbons (Fsp3) is 0.615. The minimum absolute atomic E-state index is 0.0359. The molecule has 168 valence electrons. The van der Waals surface area contributed by atoms with Crippen LogP contribution in [0.2, 0.25) is 0 Å². The Morgan fingerprint density at radius 3 is 2.84 bits per heavy atom. The molecular weight excluding hydrogens is 404 g/mol. The third-order valence-electron chi connectivity index (χ3n) is 8.20. The number of aromatic nitrogens is 1. The first kappa shape index (κ1) is 22.5. The van der Waals surface area contributed by atoms with E-state index in [0.717, 1.165) is 37.0 Å². The van der Waals surface area contributed by atoms with E-state index in [4.69, 9.17) is 0 Å². The number of carbonyl (C=O) groups is 1. The van der Waals surface area contributed by atoms with Crippen LogP contribution in [0.25, 0.3) is 0 Å². The van der Waals surface area contributed by atoms with Crippen molar-refractivity contribution in [2.75, 3.05) is 5.32 Å². The zero-order chi connectivity index (χ0) is 22.2. The molecule has 31 heavy (non-hydrogen) atoms. The van der Waals surface area contributed by atoms with Crippen LogP contribution < -0.4 is 5.32 Å². The molecule has 0 bridgehead atoms. The van der Waals surface area contributed by atoms with Gasteiger partial charge in [0.25, 0.3) is 0 Å². The second-order valence-corrected chi connectivity index (χ2v) is 11.2. The quantitative estimate of drug-likeness (QED) is 0.583. The molecule has 4 nitrogen and oxygen atoms in total. The smallest absolute Gasteiger partial charge is 0.226 e. The maximum absolute atomic E-state index is 12.5. The van der Waals surface area contributed by atoms with Crippen molar-refractivity contribution in [3.63, 3.8) is 0 Å². The molecule has 1 heterocycles. The monoisotopic (exact) mass is 440 g/mol. The Balaban J connectivity index is 1.48. The van der Waals surface area contributed by atoms with E-state index in [0.29, 0.717) is 35.2 Å². The molecule has 5 heteroatoms. The molecule has 1 aromatic carbocycles. The van der Waals surface area contributed by atoms with Gasteiger partial charge in [0.05, 0.1) is 6.10 Å². The first-order valence-corrected chi connectivity index (χ1v) is 12.6. The van der Waals surface area contributed by atoms with E-state index in [-0.39, 0.29) is 17.4 Å². The van der Waals surface area contributed by atoms with Gasteiger partial charge in [-0.3, -0.25) is 4.79 Å². The van der Waals surface area contributed by atoms with E-state index in [1.807, 2.05) is 6.92 Å². The zero-order valence-electron chi connectivity index (χ0n) is 19.2. The number of rotatable bonds is 6. The highest BCUT2D eigenvalue weighted by Crippen LogP contribution is 2.61. The number of benzene rings is 1. The average Bonchev–Trinajstić information content (AvgIpc) is 3.27. The number of aliphatic hydroxyl groups is 1. The van der Waals surface area contributed by atoms with Crippen molar-refractivity contribution >= 4 is 22.4 Å². The number of nitrogens with one attached hydrogen (secondary N) is 1. The maximum Gasteiger partial charge on any atom is 0.226 e. The summed E-state index contributed by atoms with van der Waals surface area (Å²) >= 11 is 1.51. The lowest BCUT2D eigenvalue weighted by molar-refractivity contribution is -0.116. The van der Waals surface area contributed by atoms with E-state index >= 15 is 0 Å². The molecule has 1 aromatic heterocycles. The van der Waals surface area contributed by atoms with Crippen LogP contribution in [0.1, 0.15) is 74.8 Å². The lowest BCUT2D eigenvalue weighted by Crippen LogP contribution is -2.43. The van der Waals surface area contributed by atoms with Crippen molar-refractivity contribution in [3.05, 3.63) is 46.5 Å². The van der Waals surface area contributed by atoms with Gasteiger partial charge in [-0.2, -0.15) is 0 Å². The number of aliphatic hydroxyl groups excluding tert-OH is 1. The van der Waals surface area contributed by atoms with Gasteiger partial charge in [-0.25, -0.2) is 4.98 Å². The van der Waals surface area contributed by atoms with Crippen LogP contribution in [-0.2, 0) is 11.2 Å². The van der Waals surface area contributed by atoms with Gasteiger partial charge < -0.3 is 10.4 Å². The van der Waals surface area contributed by atoms with E-state index in [9.17, 15) is 9.90 Å². The molecule has 1 amide bonds. The molecule has 0 saturated heterocycles. The van der Waals surface area contributed by atoms with Crippen LogP contribution in [0.15, 0.2) is 30.5 Å². The predicted molar refractivity (Wildman–Crippen MR) is 127 cm³/mol. The molecule has 2 aliphatic rings.